The maximum Gasteiger partial charge on any atom is 0.271 e. The molecular formula is C22H19ClFN5O2. The van der Waals surface area contributed by atoms with Crippen LogP contribution in [0.2, 0.25) is 5.02 Å². The number of hydrogen-bond donors (Lipinski definition) is 2. The number of imidazole rings is 1. The van der Waals surface area contributed by atoms with Gasteiger partial charge in [0.05, 0.1) is 17.6 Å². The fourth-order valence-electron chi connectivity index (χ4n) is 3.32. The average Bonchev–Trinajstić information content (AvgIpc) is 3.24. The van der Waals surface area contributed by atoms with Gasteiger partial charge in [-0.15, -0.1) is 0 Å². The molecule has 0 aliphatic carbocycles. The van der Waals surface area contributed by atoms with Gasteiger partial charge in [0.15, 0.2) is 5.69 Å². The molecule has 9 heteroatoms. The highest BCUT2D eigenvalue weighted by atomic mass is 35.5. The van der Waals surface area contributed by atoms with E-state index in [1.807, 2.05) is 30.3 Å². The second-order valence-electron chi connectivity index (χ2n) is 6.65. The zero-order chi connectivity index (χ0) is 22.0. The van der Waals surface area contributed by atoms with Crippen LogP contribution in [0.15, 0.2) is 55.0 Å². The van der Waals surface area contributed by atoms with Gasteiger partial charge in [-0.05, 0) is 17.7 Å². The molecular weight excluding hydrogens is 421 g/mol. The Balaban J connectivity index is 1.79. The minimum absolute atomic E-state index is 0.0577. The minimum atomic E-state index is -0.466. The first kappa shape index (κ1) is 20.6. The van der Waals surface area contributed by atoms with Crippen LogP contribution in [-0.2, 0) is 6.54 Å². The first-order valence-electron chi connectivity index (χ1n) is 9.43. The van der Waals surface area contributed by atoms with Crippen molar-refractivity contribution in [2.24, 2.45) is 0 Å². The minimum Gasteiger partial charge on any atom is -0.495 e. The normalized spacial score (nSPS) is 10.8. The van der Waals surface area contributed by atoms with Crippen LogP contribution in [-0.4, -0.2) is 34.4 Å². The van der Waals surface area contributed by atoms with Crippen LogP contribution in [0.4, 0.5) is 10.3 Å². The average molecular weight is 440 g/mol. The number of nitrogens with one attached hydrogen (secondary N) is 2. The van der Waals surface area contributed by atoms with E-state index in [0.717, 1.165) is 11.1 Å². The number of benzene rings is 2. The van der Waals surface area contributed by atoms with Crippen molar-refractivity contribution in [3.8, 4) is 16.9 Å². The Labute approximate surface area is 182 Å². The molecule has 1 amide bonds. The Kier molecular flexibility index (Phi) is 5.73. The number of fused-ring (bicyclic) bond motifs is 1. The number of carbonyl (C=O) groups is 1. The fourth-order valence-corrected chi connectivity index (χ4v) is 3.62. The van der Waals surface area contributed by atoms with Gasteiger partial charge in [-0.3, -0.25) is 9.20 Å². The molecule has 0 spiro atoms. The fraction of sp³-hybridized carbons (Fsp3) is 0.136. The summed E-state index contributed by atoms with van der Waals surface area (Å²) in [5, 5.41) is 5.88. The molecule has 0 aliphatic heterocycles. The summed E-state index contributed by atoms with van der Waals surface area (Å²) >= 11 is 6.27. The number of aromatic nitrogens is 3. The lowest BCUT2D eigenvalue weighted by Gasteiger charge is -2.14. The Morgan fingerprint density at radius 1 is 1.19 bits per heavy atom. The van der Waals surface area contributed by atoms with E-state index in [1.54, 1.807) is 17.6 Å². The van der Waals surface area contributed by atoms with Crippen molar-refractivity contribution in [2.45, 2.75) is 6.54 Å². The predicted octanol–water partition coefficient (Wildman–Crippen LogP) is 4.17. The summed E-state index contributed by atoms with van der Waals surface area (Å²) in [6.45, 7) is 0.0577. The molecule has 0 saturated carbocycles. The van der Waals surface area contributed by atoms with Crippen LogP contribution < -0.4 is 15.4 Å². The lowest BCUT2D eigenvalue weighted by molar-refractivity contribution is 0.0960. The molecule has 4 rings (SSSR count). The molecule has 31 heavy (non-hydrogen) atoms. The zero-order valence-corrected chi connectivity index (χ0v) is 17.6. The Hall–Kier alpha value is -3.65. The van der Waals surface area contributed by atoms with E-state index in [0.29, 0.717) is 17.2 Å². The largest absolute Gasteiger partial charge is 0.495 e. The molecule has 0 aliphatic rings. The first-order valence-corrected chi connectivity index (χ1v) is 9.81. The number of hydrogen-bond acceptors (Lipinski definition) is 5. The number of amides is 1. The number of ether oxygens (including phenoxy) is 1. The summed E-state index contributed by atoms with van der Waals surface area (Å²) < 4.78 is 21.2. The van der Waals surface area contributed by atoms with Gasteiger partial charge < -0.3 is 15.4 Å². The summed E-state index contributed by atoms with van der Waals surface area (Å²) in [6, 6.07) is 12.3. The standard InChI is InChI=1S/C22H19ClFN5O2/c1-25-21(30)19-20-14(13-6-4-3-5-7-13)10-26-22(29(20)12-28-19)27-11-15-16(24)8-9-17(31-2)18(15)23/h3-10,12H,11H2,1-2H3,(H,25,30)(H,26,27). The zero-order valence-electron chi connectivity index (χ0n) is 16.8. The van der Waals surface area contributed by atoms with Gasteiger partial charge in [0.1, 0.15) is 17.9 Å². The maximum absolute atomic E-state index is 14.4. The molecule has 2 aromatic heterocycles. The molecule has 2 heterocycles. The third-order valence-corrected chi connectivity index (χ3v) is 5.30. The van der Waals surface area contributed by atoms with Crippen molar-refractivity contribution in [3.05, 3.63) is 77.1 Å². The van der Waals surface area contributed by atoms with E-state index in [4.69, 9.17) is 16.3 Å². The van der Waals surface area contributed by atoms with Crippen LogP contribution in [0.1, 0.15) is 16.1 Å². The van der Waals surface area contributed by atoms with E-state index >= 15 is 0 Å². The topological polar surface area (TPSA) is 80.6 Å². The van der Waals surface area contributed by atoms with Crippen molar-refractivity contribution in [1.29, 1.82) is 0 Å². The van der Waals surface area contributed by atoms with E-state index in [1.165, 1.54) is 25.6 Å². The highest BCUT2D eigenvalue weighted by Crippen LogP contribution is 2.31. The van der Waals surface area contributed by atoms with Gasteiger partial charge in [-0.25, -0.2) is 14.4 Å². The third-order valence-electron chi connectivity index (χ3n) is 4.89. The number of rotatable bonds is 6. The van der Waals surface area contributed by atoms with Crippen LogP contribution in [0.3, 0.4) is 0 Å². The molecule has 2 N–H and O–H groups in total. The lowest BCUT2D eigenvalue weighted by Crippen LogP contribution is -2.19. The molecule has 158 valence electrons. The SMILES string of the molecule is CNC(=O)c1ncn2c(NCc3c(F)ccc(OC)c3Cl)ncc(-c3ccccc3)c12. The molecule has 0 saturated heterocycles. The van der Waals surface area contributed by atoms with Crippen molar-refractivity contribution in [3.63, 3.8) is 0 Å². The summed E-state index contributed by atoms with van der Waals surface area (Å²) in [4.78, 5) is 21.2. The first-order chi connectivity index (χ1) is 15.0. The molecule has 0 bridgehead atoms. The number of anilines is 1. The monoisotopic (exact) mass is 439 g/mol. The molecule has 0 atom stereocenters. The Morgan fingerprint density at radius 2 is 1.97 bits per heavy atom. The second kappa shape index (κ2) is 8.61. The van der Waals surface area contributed by atoms with Crippen LogP contribution in [0.25, 0.3) is 16.6 Å². The van der Waals surface area contributed by atoms with Crippen molar-refractivity contribution < 1.29 is 13.9 Å². The van der Waals surface area contributed by atoms with Gasteiger partial charge in [0.25, 0.3) is 5.91 Å². The van der Waals surface area contributed by atoms with Gasteiger partial charge in [-0.2, -0.15) is 0 Å². The number of carbonyl (C=O) groups excluding carboxylic acids is 1. The molecule has 0 unspecified atom stereocenters. The van der Waals surface area contributed by atoms with Gasteiger partial charge >= 0.3 is 0 Å². The van der Waals surface area contributed by atoms with E-state index < -0.39 is 5.82 Å². The number of methoxy groups -OCH3 is 1. The quantitative estimate of drug-likeness (QED) is 0.471. The van der Waals surface area contributed by atoms with E-state index in [2.05, 4.69) is 20.6 Å². The Bertz CT molecular complexity index is 1260. The molecule has 2 aromatic carbocycles. The summed E-state index contributed by atoms with van der Waals surface area (Å²) in [7, 11) is 3.01. The van der Waals surface area contributed by atoms with Crippen LogP contribution in [0, 0.1) is 5.82 Å². The Morgan fingerprint density at radius 3 is 2.68 bits per heavy atom. The van der Waals surface area contributed by atoms with Crippen molar-refractivity contribution >= 4 is 29.0 Å². The summed E-state index contributed by atoms with van der Waals surface area (Å²) in [5.74, 6) is -0.0246. The van der Waals surface area contributed by atoms with Crippen LogP contribution in [0.5, 0.6) is 5.75 Å². The number of nitrogens with zero attached hydrogens (tertiary/aromatic N) is 3. The molecule has 0 radical (unpaired) electrons. The van der Waals surface area contributed by atoms with Gasteiger partial charge in [0, 0.05) is 30.9 Å². The van der Waals surface area contributed by atoms with E-state index in [-0.39, 0.29) is 28.7 Å². The third kappa shape index (κ3) is 3.77. The lowest BCUT2D eigenvalue weighted by atomic mass is 10.1. The van der Waals surface area contributed by atoms with Gasteiger partial charge in [-0.1, -0.05) is 41.9 Å². The highest BCUT2D eigenvalue weighted by molar-refractivity contribution is 6.32. The predicted molar refractivity (Wildman–Crippen MR) is 117 cm³/mol. The van der Waals surface area contributed by atoms with E-state index in [9.17, 15) is 9.18 Å². The molecule has 4 aromatic rings. The highest BCUT2D eigenvalue weighted by Gasteiger charge is 2.20. The summed E-state index contributed by atoms with van der Waals surface area (Å²) in [6.07, 6.45) is 3.16. The maximum atomic E-state index is 14.4. The van der Waals surface area contributed by atoms with Crippen molar-refractivity contribution in [1.82, 2.24) is 19.7 Å². The molecule has 0 fully saturated rings. The van der Waals surface area contributed by atoms with Crippen molar-refractivity contribution in [2.75, 3.05) is 19.5 Å². The van der Waals surface area contributed by atoms with Crippen LogP contribution >= 0.6 is 11.6 Å². The smallest absolute Gasteiger partial charge is 0.271 e. The molecule has 7 nitrogen and oxygen atoms in total. The second-order valence-corrected chi connectivity index (χ2v) is 7.03. The summed E-state index contributed by atoms with van der Waals surface area (Å²) in [5.41, 5.74) is 2.72. The number of halogens is 2. The van der Waals surface area contributed by atoms with Gasteiger partial charge in [0.2, 0.25) is 5.95 Å².